The zero-order chi connectivity index (χ0) is 10.7. The lowest BCUT2D eigenvalue weighted by Crippen LogP contribution is -2.06. The molecule has 0 saturated heterocycles. The van der Waals surface area contributed by atoms with Gasteiger partial charge in [-0.25, -0.2) is 0 Å². The van der Waals surface area contributed by atoms with Gasteiger partial charge in [0, 0.05) is 12.6 Å². The Morgan fingerprint density at radius 2 is 2.33 bits per heavy atom. The minimum absolute atomic E-state index is 0.0477. The van der Waals surface area contributed by atoms with Crippen molar-refractivity contribution < 1.29 is 9.26 Å². The van der Waals surface area contributed by atoms with Gasteiger partial charge >= 0.3 is 6.01 Å². The minimum atomic E-state index is -0.0477. The molecule has 1 saturated carbocycles. The van der Waals surface area contributed by atoms with Gasteiger partial charge in [-0.1, -0.05) is 12.1 Å². The summed E-state index contributed by atoms with van der Waals surface area (Å²) in [7, 11) is 0. The van der Waals surface area contributed by atoms with E-state index in [1.165, 1.54) is 12.8 Å². The van der Waals surface area contributed by atoms with Crippen LogP contribution in [0.2, 0.25) is 0 Å². The summed E-state index contributed by atoms with van der Waals surface area (Å²) in [6, 6.07) is 1.05. The molecule has 1 aromatic heterocycles. The Kier molecular flexibility index (Phi) is 3.20. The second kappa shape index (κ2) is 4.61. The predicted molar refractivity (Wildman–Crippen MR) is 55.6 cm³/mol. The van der Waals surface area contributed by atoms with Gasteiger partial charge in [0.15, 0.2) is 0 Å². The Hall–Kier alpha value is -1.10. The zero-order valence-electron chi connectivity index (χ0n) is 9.19. The van der Waals surface area contributed by atoms with Gasteiger partial charge in [0.2, 0.25) is 5.82 Å². The zero-order valence-corrected chi connectivity index (χ0v) is 9.19. The van der Waals surface area contributed by atoms with Crippen LogP contribution in [0, 0.1) is 0 Å². The summed E-state index contributed by atoms with van der Waals surface area (Å²) in [4.78, 5) is 4.27. The smallest absolute Gasteiger partial charge is 0.321 e. The molecule has 15 heavy (non-hydrogen) atoms. The molecule has 1 fully saturated rings. The molecule has 84 valence electrons. The lowest BCUT2D eigenvalue weighted by atomic mass is 10.2. The lowest BCUT2D eigenvalue weighted by molar-refractivity contribution is 0.0518. The molecule has 5 nitrogen and oxygen atoms in total. The van der Waals surface area contributed by atoms with Crippen LogP contribution in [-0.4, -0.2) is 22.8 Å². The Bertz CT molecular complexity index is 309. The molecule has 0 spiro atoms. The molecule has 2 rings (SSSR count). The highest BCUT2D eigenvalue weighted by molar-refractivity contribution is 5.23. The standard InChI is InChI=1S/C10H17N3O2/c1-3-8(14-4-2)9-12-10(15-13-9)11-7-5-6-7/h7-8H,3-6H2,1-2H3,(H,11,12,13). The van der Waals surface area contributed by atoms with Gasteiger partial charge in [-0.15, -0.1) is 0 Å². The van der Waals surface area contributed by atoms with Crippen LogP contribution in [0.4, 0.5) is 6.01 Å². The van der Waals surface area contributed by atoms with E-state index < -0.39 is 0 Å². The maximum absolute atomic E-state index is 5.50. The highest BCUT2D eigenvalue weighted by atomic mass is 16.5. The van der Waals surface area contributed by atoms with Crippen molar-refractivity contribution in [2.24, 2.45) is 0 Å². The number of hydrogen-bond donors (Lipinski definition) is 1. The first-order chi connectivity index (χ1) is 7.33. The van der Waals surface area contributed by atoms with Gasteiger partial charge < -0.3 is 14.6 Å². The van der Waals surface area contributed by atoms with E-state index in [1.807, 2.05) is 13.8 Å². The third-order valence-electron chi connectivity index (χ3n) is 2.37. The van der Waals surface area contributed by atoms with Crippen molar-refractivity contribution in [3.05, 3.63) is 5.82 Å². The van der Waals surface area contributed by atoms with Crippen LogP contribution in [0.5, 0.6) is 0 Å². The second-order valence-corrected chi connectivity index (χ2v) is 3.73. The Balaban J connectivity index is 1.96. The summed E-state index contributed by atoms with van der Waals surface area (Å²) in [5, 5.41) is 7.07. The van der Waals surface area contributed by atoms with Crippen LogP contribution in [0.25, 0.3) is 0 Å². The van der Waals surface area contributed by atoms with Gasteiger partial charge in [-0.05, 0) is 26.2 Å². The quantitative estimate of drug-likeness (QED) is 0.781. The Morgan fingerprint density at radius 1 is 1.53 bits per heavy atom. The number of hydrogen-bond acceptors (Lipinski definition) is 5. The molecule has 1 atom stereocenters. The number of aromatic nitrogens is 2. The van der Waals surface area contributed by atoms with Crippen molar-refractivity contribution in [3.8, 4) is 0 Å². The van der Waals surface area contributed by atoms with Crippen molar-refractivity contribution in [2.75, 3.05) is 11.9 Å². The average Bonchev–Trinajstić information content (AvgIpc) is 2.92. The summed E-state index contributed by atoms with van der Waals surface area (Å²) in [5.74, 6) is 0.641. The largest absolute Gasteiger partial charge is 0.370 e. The molecule has 0 aliphatic heterocycles. The lowest BCUT2D eigenvalue weighted by Gasteiger charge is -2.09. The molecule has 1 N–H and O–H groups in total. The first-order valence-corrected chi connectivity index (χ1v) is 5.55. The van der Waals surface area contributed by atoms with Crippen molar-refractivity contribution in [1.29, 1.82) is 0 Å². The number of anilines is 1. The van der Waals surface area contributed by atoms with E-state index in [1.54, 1.807) is 0 Å². The van der Waals surface area contributed by atoms with Crippen LogP contribution in [-0.2, 0) is 4.74 Å². The number of nitrogens with zero attached hydrogens (tertiary/aromatic N) is 2. The second-order valence-electron chi connectivity index (χ2n) is 3.73. The molecule has 0 radical (unpaired) electrons. The minimum Gasteiger partial charge on any atom is -0.370 e. The first-order valence-electron chi connectivity index (χ1n) is 5.55. The van der Waals surface area contributed by atoms with E-state index in [2.05, 4.69) is 15.5 Å². The van der Waals surface area contributed by atoms with E-state index in [-0.39, 0.29) is 6.10 Å². The normalized spacial score (nSPS) is 17.7. The monoisotopic (exact) mass is 211 g/mol. The maximum atomic E-state index is 5.50. The fourth-order valence-corrected chi connectivity index (χ4v) is 1.40. The summed E-state index contributed by atoms with van der Waals surface area (Å²) in [6.45, 7) is 4.68. The third kappa shape index (κ3) is 2.68. The van der Waals surface area contributed by atoms with E-state index in [0.29, 0.717) is 24.5 Å². The van der Waals surface area contributed by atoms with Crippen molar-refractivity contribution in [1.82, 2.24) is 10.1 Å². The molecule has 1 aliphatic rings. The molecule has 1 unspecified atom stereocenters. The summed E-state index contributed by atoms with van der Waals surface area (Å²) >= 11 is 0. The van der Waals surface area contributed by atoms with E-state index >= 15 is 0 Å². The molecule has 1 heterocycles. The molecule has 1 aliphatic carbocycles. The summed E-state index contributed by atoms with van der Waals surface area (Å²) in [5.41, 5.74) is 0. The van der Waals surface area contributed by atoms with Crippen LogP contribution in [0.3, 0.4) is 0 Å². The molecule has 0 aromatic carbocycles. The molecular weight excluding hydrogens is 194 g/mol. The number of rotatable bonds is 6. The van der Waals surface area contributed by atoms with E-state index in [9.17, 15) is 0 Å². The summed E-state index contributed by atoms with van der Waals surface area (Å²) < 4.78 is 10.6. The van der Waals surface area contributed by atoms with Crippen molar-refractivity contribution in [3.63, 3.8) is 0 Å². The van der Waals surface area contributed by atoms with Gasteiger partial charge in [-0.3, -0.25) is 0 Å². The number of ether oxygens (including phenoxy) is 1. The maximum Gasteiger partial charge on any atom is 0.321 e. The predicted octanol–water partition coefficient (Wildman–Crippen LogP) is 2.13. The fraction of sp³-hybridized carbons (Fsp3) is 0.800. The van der Waals surface area contributed by atoms with Crippen molar-refractivity contribution >= 4 is 6.01 Å². The Morgan fingerprint density at radius 3 is 2.93 bits per heavy atom. The summed E-state index contributed by atoms with van der Waals surface area (Å²) in [6.07, 6.45) is 3.20. The van der Waals surface area contributed by atoms with Gasteiger partial charge in [0.25, 0.3) is 0 Å². The van der Waals surface area contributed by atoms with Gasteiger partial charge in [0.1, 0.15) is 6.10 Å². The van der Waals surface area contributed by atoms with Gasteiger partial charge in [0.05, 0.1) is 0 Å². The van der Waals surface area contributed by atoms with Gasteiger partial charge in [-0.2, -0.15) is 4.98 Å². The van der Waals surface area contributed by atoms with E-state index in [4.69, 9.17) is 9.26 Å². The fourth-order valence-electron chi connectivity index (χ4n) is 1.40. The third-order valence-corrected chi connectivity index (χ3v) is 2.37. The molecule has 5 heteroatoms. The highest BCUT2D eigenvalue weighted by Crippen LogP contribution is 2.25. The van der Waals surface area contributed by atoms with E-state index in [0.717, 1.165) is 6.42 Å². The number of nitrogens with one attached hydrogen (secondary N) is 1. The average molecular weight is 211 g/mol. The SMILES string of the molecule is CCOC(CC)c1noc(NC2CC2)n1. The molecule has 0 bridgehead atoms. The Labute approximate surface area is 89.2 Å². The highest BCUT2D eigenvalue weighted by Gasteiger charge is 2.24. The van der Waals surface area contributed by atoms with Crippen LogP contribution in [0.1, 0.15) is 45.0 Å². The molecule has 0 amide bonds. The first kappa shape index (κ1) is 10.4. The molecule has 1 aromatic rings. The van der Waals surface area contributed by atoms with Crippen LogP contribution < -0.4 is 5.32 Å². The van der Waals surface area contributed by atoms with Crippen LogP contribution in [0.15, 0.2) is 4.52 Å². The topological polar surface area (TPSA) is 60.2 Å². The van der Waals surface area contributed by atoms with Crippen molar-refractivity contribution in [2.45, 2.75) is 45.3 Å². The van der Waals surface area contributed by atoms with Crippen LogP contribution >= 0.6 is 0 Å². The molecular formula is C10H17N3O2.